The van der Waals surface area contributed by atoms with Crippen molar-refractivity contribution in [3.8, 4) is 11.8 Å². The Morgan fingerprint density at radius 3 is 2.13 bits per heavy atom. The number of carbonyl (C=O) groups is 3. The van der Waals surface area contributed by atoms with E-state index in [1.807, 2.05) is 6.92 Å². The first-order valence-corrected chi connectivity index (χ1v) is 9.10. The Morgan fingerprint density at radius 2 is 1.60 bits per heavy atom. The van der Waals surface area contributed by atoms with Gasteiger partial charge in [0.25, 0.3) is 5.91 Å². The molecule has 0 spiro atoms. The van der Waals surface area contributed by atoms with Gasteiger partial charge in [-0.2, -0.15) is 5.26 Å². The lowest BCUT2D eigenvalue weighted by atomic mass is 10.1. The van der Waals surface area contributed by atoms with Gasteiger partial charge in [-0.3, -0.25) is 9.59 Å². The summed E-state index contributed by atoms with van der Waals surface area (Å²) in [5.74, 6) is -0.987. The van der Waals surface area contributed by atoms with Crippen LogP contribution < -0.4 is 15.4 Å². The largest absolute Gasteiger partial charge is 0.494 e. The zero-order valence-electron chi connectivity index (χ0n) is 16.6. The van der Waals surface area contributed by atoms with Crippen molar-refractivity contribution < 1.29 is 23.9 Å². The van der Waals surface area contributed by atoms with E-state index in [2.05, 4.69) is 10.6 Å². The van der Waals surface area contributed by atoms with Crippen LogP contribution in [-0.4, -0.2) is 31.0 Å². The summed E-state index contributed by atoms with van der Waals surface area (Å²) in [7, 11) is 0. The highest BCUT2D eigenvalue weighted by Crippen LogP contribution is 2.15. The number of ether oxygens (including phenoxy) is 2. The topological polar surface area (TPSA) is 118 Å². The summed E-state index contributed by atoms with van der Waals surface area (Å²) < 4.78 is 10.3. The van der Waals surface area contributed by atoms with Crippen LogP contribution in [0.15, 0.2) is 54.1 Å². The van der Waals surface area contributed by atoms with Gasteiger partial charge in [0.2, 0.25) is 5.91 Å². The van der Waals surface area contributed by atoms with E-state index in [1.54, 1.807) is 54.6 Å². The third kappa shape index (κ3) is 7.13. The van der Waals surface area contributed by atoms with Crippen molar-refractivity contribution in [2.75, 3.05) is 23.8 Å². The maximum absolute atomic E-state index is 12.1. The van der Waals surface area contributed by atoms with Crippen LogP contribution in [0.5, 0.6) is 5.75 Å². The molecule has 2 N–H and O–H groups in total. The fourth-order valence-electron chi connectivity index (χ4n) is 2.38. The number of nitriles is 1. The molecule has 0 aliphatic heterocycles. The average Bonchev–Trinajstić information content (AvgIpc) is 2.72. The fourth-order valence-corrected chi connectivity index (χ4v) is 2.38. The SMILES string of the molecule is CCOc1ccc(/C=C(\C#N)C(=O)OCC(=O)Nc2ccc(NC(C)=O)cc2)cc1. The molecule has 0 radical (unpaired) electrons. The Kier molecular flexibility index (Phi) is 8.15. The van der Waals surface area contributed by atoms with E-state index in [1.165, 1.54) is 13.0 Å². The maximum Gasteiger partial charge on any atom is 0.349 e. The summed E-state index contributed by atoms with van der Waals surface area (Å²) in [6.07, 6.45) is 1.37. The van der Waals surface area contributed by atoms with Crippen molar-refractivity contribution in [3.63, 3.8) is 0 Å². The van der Waals surface area contributed by atoms with Crippen LogP contribution in [0.1, 0.15) is 19.4 Å². The zero-order valence-corrected chi connectivity index (χ0v) is 16.6. The summed E-state index contributed by atoms with van der Waals surface area (Å²) in [5.41, 5.74) is 1.45. The molecule has 2 amide bonds. The molecule has 2 aromatic carbocycles. The monoisotopic (exact) mass is 407 g/mol. The van der Waals surface area contributed by atoms with Crippen molar-refractivity contribution >= 4 is 35.2 Å². The molecule has 0 unspecified atom stereocenters. The van der Waals surface area contributed by atoms with Crippen molar-refractivity contribution in [3.05, 3.63) is 59.7 Å². The molecule has 0 atom stereocenters. The predicted octanol–water partition coefficient (Wildman–Crippen LogP) is 3.13. The number of rotatable bonds is 8. The smallest absolute Gasteiger partial charge is 0.349 e. The van der Waals surface area contributed by atoms with Crippen LogP contribution in [0.2, 0.25) is 0 Å². The molecule has 30 heavy (non-hydrogen) atoms. The first-order chi connectivity index (χ1) is 14.4. The second-order valence-electron chi connectivity index (χ2n) is 6.05. The number of benzene rings is 2. The van der Waals surface area contributed by atoms with E-state index < -0.39 is 18.5 Å². The van der Waals surface area contributed by atoms with E-state index in [4.69, 9.17) is 9.47 Å². The van der Waals surface area contributed by atoms with Crippen LogP contribution in [-0.2, 0) is 19.1 Å². The molecule has 0 aromatic heterocycles. The van der Waals surface area contributed by atoms with Gasteiger partial charge in [0.05, 0.1) is 6.61 Å². The minimum atomic E-state index is -0.900. The Morgan fingerprint density at radius 1 is 1.00 bits per heavy atom. The number of nitrogens with one attached hydrogen (secondary N) is 2. The molecule has 154 valence electrons. The fraction of sp³-hybridized carbons (Fsp3) is 0.182. The van der Waals surface area contributed by atoms with Gasteiger partial charge in [-0.25, -0.2) is 4.79 Å². The van der Waals surface area contributed by atoms with Gasteiger partial charge in [-0.1, -0.05) is 12.1 Å². The van der Waals surface area contributed by atoms with E-state index in [0.717, 1.165) is 0 Å². The summed E-state index contributed by atoms with van der Waals surface area (Å²) >= 11 is 0. The van der Waals surface area contributed by atoms with Crippen LogP contribution in [0.3, 0.4) is 0 Å². The number of hydrogen-bond acceptors (Lipinski definition) is 6. The van der Waals surface area contributed by atoms with Crippen molar-refractivity contribution in [1.29, 1.82) is 5.26 Å². The minimum Gasteiger partial charge on any atom is -0.494 e. The van der Waals surface area contributed by atoms with Crippen LogP contribution in [0, 0.1) is 11.3 Å². The highest BCUT2D eigenvalue weighted by molar-refractivity contribution is 6.00. The van der Waals surface area contributed by atoms with E-state index in [9.17, 15) is 19.6 Å². The van der Waals surface area contributed by atoms with E-state index in [0.29, 0.717) is 29.3 Å². The highest BCUT2D eigenvalue weighted by atomic mass is 16.5. The minimum absolute atomic E-state index is 0.203. The number of hydrogen-bond donors (Lipinski definition) is 2. The highest BCUT2D eigenvalue weighted by Gasteiger charge is 2.13. The second kappa shape index (κ2) is 11.0. The van der Waals surface area contributed by atoms with Gasteiger partial charge in [0.15, 0.2) is 6.61 Å². The number of amides is 2. The molecule has 0 saturated heterocycles. The number of carbonyl (C=O) groups excluding carboxylic acids is 3. The Labute approximate surface area is 174 Å². The van der Waals surface area contributed by atoms with Gasteiger partial charge < -0.3 is 20.1 Å². The lowest BCUT2D eigenvalue weighted by molar-refractivity contribution is -0.142. The molecule has 0 aliphatic rings. The third-order valence-electron chi connectivity index (χ3n) is 3.67. The summed E-state index contributed by atoms with van der Waals surface area (Å²) in [6, 6.07) is 15.1. The molecule has 8 nitrogen and oxygen atoms in total. The van der Waals surface area contributed by atoms with Crippen molar-refractivity contribution in [2.45, 2.75) is 13.8 Å². The van der Waals surface area contributed by atoms with Crippen molar-refractivity contribution in [1.82, 2.24) is 0 Å². The molecular formula is C22H21N3O5. The summed E-state index contributed by atoms with van der Waals surface area (Å²) in [5, 5.41) is 14.4. The van der Waals surface area contributed by atoms with Crippen LogP contribution in [0.25, 0.3) is 6.08 Å². The molecule has 0 heterocycles. The first-order valence-electron chi connectivity index (χ1n) is 9.10. The van der Waals surface area contributed by atoms with Crippen LogP contribution in [0.4, 0.5) is 11.4 Å². The quantitative estimate of drug-likeness (QED) is 0.394. The molecule has 0 fully saturated rings. The molecule has 2 aromatic rings. The average molecular weight is 407 g/mol. The Balaban J connectivity index is 1.90. The maximum atomic E-state index is 12.1. The molecule has 2 rings (SSSR count). The standard InChI is InChI=1S/C22H21N3O5/c1-3-29-20-10-4-16(5-11-20)12-17(13-23)22(28)30-14-21(27)25-19-8-6-18(7-9-19)24-15(2)26/h4-12H,3,14H2,1-2H3,(H,24,26)(H,25,27)/b17-12+. The second-order valence-corrected chi connectivity index (χ2v) is 6.05. The van der Waals surface area contributed by atoms with Gasteiger partial charge in [-0.05, 0) is 55.0 Å². The molecule has 0 aliphatic carbocycles. The molecule has 0 saturated carbocycles. The predicted molar refractivity (Wildman–Crippen MR) is 112 cm³/mol. The third-order valence-corrected chi connectivity index (χ3v) is 3.67. The van der Waals surface area contributed by atoms with Gasteiger partial charge in [0, 0.05) is 18.3 Å². The Hall–Kier alpha value is -4.12. The van der Waals surface area contributed by atoms with Gasteiger partial charge in [-0.15, -0.1) is 0 Å². The van der Waals surface area contributed by atoms with Gasteiger partial charge >= 0.3 is 5.97 Å². The van der Waals surface area contributed by atoms with E-state index >= 15 is 0 Å². The summed E-state index contributed by atoms with van der Waals surface area (Å²) in [6.45, 7) is 3.25. The lowest BCUT2D eigenvalue weighted by Gasteiger charge is -2.08. The molecule has 8 heteroatoms. The zero-order chi connectivity index (χ0) is 21.9. The van der Waals surface area contributed by atoms with Gasteiger partial charge in [0.1, 0.15) is 17.4 Å². The summed E-state index contributed by atoms with van der Waals surface area (Å²) in [4.78, 5) is 35.1. The first kappa shape index (κ1) is 22.2. The molecule has 0 bridgehead atoms. The molecular weight excluding hydrogens is 386 g/mol. The number of anilines is 2. The normalized spacial score (nSPS) is 10.5. The van der Waals surface area contributed by atoms with Crippen molar-refractivity contribution in [2.24, 2.45) is 0 Å². The number of esters is 1. The lowest BCUT2D eigenvalue weighted by Crippen LogP contribution is -2.21. The van der Waals surface area contributed by atoms with Crippen LogP contribution >= 0.6 is 0 Å². The Bertz CT molecular complexity index is 973. The number of nitrogens with zero attached hydrogens (tertiary/aromatic N) is 1. The van der Waals surface area contributed by atoms with E-state index in [-0.39, 0.29) is 11.5 Å².